The highest BCUT2D eigenvalue weighted by molar-refractivity contribution is 6.32. The molecule has 22 heavy (non-hydrogen) atoms. The highest BCUT2D eigenvalue weighted by atomic mass is 14.8. The highest BCUT2D eigenvalue weighted by Gasteiger charge is 2.18. The van der Waals surface area contributed by atoms with Crippen LogP contribution in [0.4, 0.5) is 0 Å². The second-order valence-corrected chi connectivity index (χ2v) is 5.21. The van der Waals surface area contributed by atoms with Gasteiger partial charge in [-0.05, 0) is 43.3 Å². The largest absolute Gasteiger partial charge is 0.278 e. The molecular formula is C18H14N4. The molecule has 0 aliphatic carbocycles. The Morgan fingerprint density at radius 2 is 1.82 bits per heavy atom. The number of aromatic nitrogens is 3. The zero-order valence-electron chi connectivity index (χ0n) is 12.2. The van der Waals surface area contributed by atoms with Crippen molar-refractivity contribution in [3.63, 3.8) is 0 Å². The second-order valence-electron chi connectivity index (χ2n) is 5.21. The van der Waals surface area contributed by atoms with Gasteiger partial charge in [-0.1, -0.05) is 12.1 Å². The number of hydrogen-bond donors (Lipinski definition) is 0. The Hall–Kier alpha value is -2.88. The van der Waals surface area contributed by atoms with Crippen molar-refractivity contribution in [2.75, 3.05) is 6.54 Å². The highest BCUT2D eigenvalue weighted by Crippen LogP contribution is 2.24. The van der Waals surface area contributed by atoms with Gasteiger partial charge in [-0.25, -0.2) is 4.98 Å². The lowest BCUT2D eigenvalue weighted by atomic mass is 10.0. The van der Waals surface area contributed by atoms with Crippen molar-refractivity contribution in [2.45, 2.75) is 6.92 Å². The van der Waals surface area contributed by atoms with Crippen molar-refractivity contribution in [3.05, 3.63) is 71.8 Å². The molecule has 0 atom stereocenters. The first-order valence-electron chi connectivity index (χ1n) is 7.22. The van der Waals surface area contributed by atoms with Crippen LogP contribution in [0, 0.1) is 6.92 Å². The van der Waals surface area contributed by atoms with E-state index in [0.29, 0.717) is 6.54 Å². The van der Waals surface area contributed by atoms with Crippen LogP contribution in [0.2, 0.25) is 0 Å². The van der Waals surface area contributed by atoms with Crippen molar-refractivity contribution < 1.29 is 0 Å². The molecule has 0 saturated carbocycles. The van der Waals surface area contributed by atoms with Gasteiger partial charge in [0.05, 0.1) is 34.7 Å². The van der Waals surface area contributed by atoms with Crippen molar-refractivity contribution in [3.8, 4) is 0 Å². The average molecular weight is 286 g/mol. The Bertz CT molecular complexity index is 925. The minimum absolute atomic E-state index is 0.674. The predicted molar refractivity (Wildman–Crippen MR) is 87.9 cm³/mol. The summed E-state index contributed by atoms with van der Waals surface area (Å²) in [4.78, 5) is 18.2. The zero-order chi connectivity index (χ0) is 14.9. The molecule has 0 fully saturated rings. The summed E-state index contributed by atoms with van der Waals surface area (Å²) in [6.45, 7) is 2.66. The van der Waals surface area contributed by atoms with E-state index in [1.165, 1.54) is 0 Å². The molecule has 0 amide bonds. The van der Waals surface area contributed by atoms with E-state index in [2.05, 4.69) is 21.0 Å². The first kappa shape index (κ1) is 12.8. The zero-order valence-corrected chi connectivity index (χ0v) is 12.2. The fraction of sp³-hybridized carbons (Fsp3) is 0.111. The minimum atomic E-state index is 0.674. The number of hydrogen-bond acceptors (Lipinski definition) is 4. The van der Waals surface area contributed by atoms with E-state index in [1.807, 2.05) is 49.4 Å². The van der Waals surface area contributed by atoms with Crippen molar-refractivity contribution in [1.29, 1.82) is 0 Å². The summed E-state index contributed by atoms with van der Waals surface area (Å²) in [7, 11) is 0. The van der Waals surface area contributed by atoms with Gasteiger partial charge in [-0.15, -0.1) is 0 Å². The van der Waals surface area contributed by atoms with E-state index >= 15 is 0 Å². The van der Waals surface area contributed by atoms with Crippen LogP contribution in [0.5, 0.6) is 0 Å². The van der Waals surface area contributed by atoms with E-state index in [9.17, 15) is 0 Å². The molecule has 4 heterocycles. The Kier molecular flexibility index (Phi) is 3.00. The molecule has 0 bridgehead atoms. The molecular weight excluding hydrogens is 272 g/mol. The van der Waals surface area contributed by atoms with Gasteiger partial charge in [-0.2, -0.15) is 0 Å². The summed E-state index contributed by atoms with van der Waals surface area (Å²) in [5.74, 6) is 0. The van der Waals surface area contributed by atoms with Gasteiger partial charge in [-0.3, -0.25) is 15.0 Å². The Morgan fingerprint density at radius 3 is 2.73 bits per heavy atom. The van der Waals surface area contributed by atoms with Gasteiger partial charge in [0, 0.05) is 17.5 Å². The number of aryl methyl sites for hydroxylation is 1. The molecule has 1 aliphatic rings. The molecule has 0 radical (unpaired) electrons. The third kappa shape index (κ3) is 2.19. The first-order valence-corrected chi connectivity index (χ1v) is 7.22. The van der Waals surface area contributed by atoms with Crippen molar-refractivity contribution >= 4 is 22.3 Å². The van der Waals surface area contributed by atoms with Crippen LogP contribution in [-0.4, -0.2) is 27.2 Å². The fourth-order valence-electron chi connectivity index (χ4n) is 2.64. The molecule has 3 aromatic heterocycles. The molecule has 0 aromatic carbocycles. The molecule has 4 rings (SSSR count). The molecule has 4 nitrogen and oxygen atoms in total. The molecule has 106 valence electrons. The number of aliphatic imine (C=N–C) groups is 1. The minimum Gasteiger partial charge on any atom is -0.278 e. The van der Waals surface area contributed by atoms with Gasteiger partial charge < -0.3 is 0 Å². The van der Waals surface area contributed by atoms with Gasteiger partial charge in [0.25, 0.3) is 0 Å². The summed E-state index contributed by atoms with van der Waals surface area (Å²) in [5.41, 5.74) is 6.56. The van der Waals surface area contributed by atoms with Gasteiger partial charge in [0.2, 0.25) is 0 Å². The van der Waals surface area contributed by atoms with Gasteiger partial charge in [0.15, 0.2) is 0 Å². The lowest BCUT2D eigenvalue weighted by Gasteiger charge is -2.08. The Labute approximate surface area is 128 Å². The quantitative estimate of drug-likeness (QED) is 0.726. The summed E-state index contributed by atoms with van der Waals surface area (Å²) in [6, 6.07) is 13.9. The van der Waals surface area contributed by atoms with Gasteiger partial charge >= 0.3 is 0 Å². The number of rotatable bonds is 2. The SMILES string of the molecule is Cc1cccc(C2=NCC=C2c2ccc3ncccc3n2)n1. The maximum atomic E-state index is 4.72. The maximum absolute atomic E-state index is 4.72. The fourth-order valence-corrected chi connectivity index (χ4v) is 2.64. The van der Waals surface area contributed by atoms with E-state index in [0.717, 1.165) is 39.4 Å². The van der Waals surface area contributed by atoms with E-state index in [-0.39, 0.29) is 0 Å². The van der Waals surface area contributed by atoms with Gasteiger partial charge in [0.1, 0.15) is 0 Å². The maximum Gasteiger partial charge on any atom is 0.0926 e. The molecule has 1 aliphatic heterocycles. The standard InChI is InChI=1S/C18H14N4/c1-12-4-2-5-17(21-12)18-13(9-11-20-18)14-7-8-15-16(22-14)6-3-10-19-15/h2-10H,11H2,1H3. The molecule has 0 saturated heterocycles. The van der Waals surface area contributed by atoms with E-state index in [4.69, 9.17) is 4.98 Å². The molecule has 0 N–H and O–H groups in total. The molecule has 0 unspecified atom stereocenters. The normalized spacial score (nSPS) is 14.0. The summed E-state index contributed by atoms with van der Waals surface area (Å²) in [5, 5.41) is 0. The van der Waals surface area contributed by atoms with Crippen LogP contribution in [0.25, 0.3) is 16.6 Å². The van der Waals surface area contributed by atoms with Crippen LogP contribution in [0.1, 0.15) is 17.1 Å². The third-order valence-electron chi connectivity index (χ3n) is 3.66. The Balaban J connectivity index is 1.79. The predicted octanol–water partition coefficient (Wildman–Crippen LogP) is 3.22. The number of nitrogens with zero attached hydrogens (tertiary/aromatic N) is 4. The third-order valence-corrected chi connectivity index (χ3v) is 3.66. The van der Waals surface area contributed by atoms with Crippen LogP contribution in [-0.2, 0) is 0 Å². The molecule has 0 spiro atoms. The smallest absolute Gasteiger partial charge is 0.0926 e. The lowest BCUT2D eigenvalue weighted by Crippen LogP contribution is -2.06. The monoisotopic (exact) mass is 286 g/mol. The van der Waals surface area contributed by atoms with Crippen LogP contribution >= 0.6 is 0 Å². The topological polar surface area (TPSA) is 51.0 Å². The number of fused-ring (bicyclic) bond motifs is 1. The lowest BCUT2D eigenvalue weighted by molar-refractivity contribution is 1.17. The first-order chi connectivity index (χ1) is 10.8. The van der Waals surface area contributed by atoms with E-state index in [1.54, 1.807) is 6.20 Å². The van der Waals surface area contributed by atoms with Crippen LogP contribution in [0.15, 0.2) is 59.7 Å². The van der Waals surface area contributed by atoms with Crippen molar-refractivity contribution in [2.24, 2.45) is 4.99 Å². The summed E-state index contributed by atoms with van der Waals surface area (Å²) in [6.07, 6.45) is 3.88. The Morgan fingerprint density at radius 1 is 0.864 bits per heavy atom. The summed E-state index contributed by atoms with van der Waals surface area (Å²) >= 11 is 0. The average Bonchev–Trinajstić information content (AvgIpc) is 3.04. The number of pyridine rings is 3. The number of allylic oxidation sites excluding steroid dienone is 1. The molecule has 4 heteroatoms. The van der Waals surface area contributed by atoms with Crippen LogP contribution in [0.3, 0.4) is 0 Å². The van der Waals surface area contributed by atoms with Crippen molar-refractivity contribution in [1.82, 2.24) is 15.0 Å². The van der Waals surface area contributed by atoms with Crippen LogP contribution < -0.4 is 0 Å². The summed E-state index contributed by atoms with van der Waals surface area (Å²) < 4.78 is 0. The van der Waals surface area contributed by atoms with E-state index < -0.39 is 0 Å². The second kappa shape index (κ2) is 5.15. The molecule has 3 aromatic rings.